The van der Waals surface area contributed by atoms with E-state index in [9.17, 15) is 14.9 Å². The lowest BCUT2D eigenvalue weighted by Crippen LogP contribution is -2.55. The van der Waals surface area contributed by atoms with E-state index in [-0.39, 0.29) is 23.5 Å². The summed E-state index contributed by atoms with van der Waals surface area (Å²) in [6.07, 6.45) is 6.95. The van der Waals surface area contributed by atoms with E-state index < -0.39 is 17.5 Å². The lowest BCUT2D eigenvalue weighted by Gasteiger charge is -2.32. The predicted octanol–water partition coefficient (Wildman–Crippen LogP) is 2.76. The average molecular weight is 433 g/mol. The molecule has 2 saturated heterocycles. The van der Waals surface area contributed by atoms with Crippen LogP contribution < -0.4 is 14.8 Å². The number of nitrogens with one attached hydrogen (secondary N) is 1. The Kier molecular flexibility index (Phi) is 4.79. The van der Waals surface area contributed by atoms with E-state index in [0.29, 0.717) is 29.3 Å². The van der Waals surface area contributed by atoms with Gasteiger partial charge >= 0.3 is 0 Å². The molecule has 0 radical (unpaired) electrons. The van der Waals surface area contributed by atoms with Crippen molar-refractivity contribution in [2.45, 2.75) is 36.4 Å². The molecule has 1 spiro atoms. The van der Waals surface area contributed by atoms with E-state index in [1.807, 2.05) is 24.3 Å². The molecule has 8 nitrogen and oxygen atoms in total. The maximum atomic E-state index is 13.5. The van der Waals surface area contributed by atoms with Crippen LogP contribution in [0.2, 0.25) is 0 Å². The lowest BCUT2D eigenvalue weighted by molar-refractivity contribution is -0.534. The number of ether oxygens (including phenoxy) is 2. The fourth-order valence-corrected chi connectivity index (χ4v) is 5.91. The first-order valence-corrected chi connectivity index (χ1v) is 10.6. The number of rotatable bonds is 5. The second-order valence-electron chi connectivity index (χ2n) is 8.33. The summed E-state index contributed by atoms with van der Waals surface area (Å²) in [5.41, 5.74) is 0.744. The number of nitro groups is 1. The van der Waals surface area contributed by atoms with Gasteiger partial charge in [0.1, 0.15) is 6.61 Å². The van der Waals surface area contributed by atoms with E-state index in [4.69, 9.17) is 15.9 Å². The molecule has 3 heterocycles. The van der Waals surface area contributed by atoms with Gasteiger partial charge in [-0.3, -0.25) is 19.8 Å². The molecule has 1 amide bonds. The van der Waals surface area contributed by atoms with Crippen LogP contribution >= 0.6 is 0 Å². The Morgan fingerprint density at radius 1 is 1.31 bits per heavy atom. The quantitative estimate of drug-likeness (QED) is 0.443. The van der Waals surface area contributed by atoms with Crippen molar-refractivity contribution in [3.63, 3.8) is 0 Å². The van der Waals surface area contributed by atoms with E-state index in [2.05, 4.69) is 16.1 Å². The van der Waals surface area contributed by atoms with Crippen LogP contribution in [0.1, 0.15) is 29.9 Å². The predicted molar refractivity (Wildman–Crippen MR) is 117 cm³/mol. The van der Waals surface area contributed by atoms with Crippen molar-refractivity contribution in [3.05, 3.63) is 63.7 Å². The maximum absolute atomic E-state index is 13.5. The van der Waals surface area contributed by atoms with Crippen molar-refractivity contribution in [2.24, 2.45) is 0 Å². The summed E-state index contributed by atoms with van der Waals surface area (Å²) in [6, 6.07) is 11.4. The van der Waals surface area contributed by atoms with E-state index >= 15 is 0 Å². The highest BCUT2D eigenvalue weighted by Crippen LogP contribution is 2.58. The number of anilines is 1. The third kappa shape index (κ3) is 2.64. The number of fused-ring (bicyclic) bond motifs is 4. The van der Waals surface area contributed by atoms with Crippen LogP contribution in [0.5, 0.6) is 11.5 Å². The minimum absolute atomic E-state index is 0.0904. The normalized spacial score (nSPS) is 28.1. The highest BCUT2D eigenvalue weighted by molar-refractivity contribution is 6.07. The smallest absolute Gasteiger partial charge is 0.256 e. The number of hydrogen-bond donors (Lipinski definition) is 1. The molecular formula is C24H23N3O5. The van der Waals surface area contributed by atoms with E-state index in [1.54, 1.807) is 18.2 Å². The van der Waals surface area contributed by atoms with Gasteiger partial charge in [-0.05, 0) is 36.6 Å². The van der Waals surface area contributed by atoms with Gasteiger partial charge in [0, 0.05) is 28.8 Å². The highest BCUT2D eigenvalue weighted by Gasteiger charge is 2.73. The number of nitrogens with zero attached hydrogens (tertiary/aromatic N) is 2. The molecule has 164 valence electrons. The molecule has 3 aliphatic heterocycles. The second kappa shape index (κ2) is 7.53. The Morgan fingerprint density at radius 2 is 2.12 bits per heavy atom. The Hall–Kier alpha value is -3.57. The third-order valence-electron chi connectivity index (χ3n) is 6.98. The summed E-state index contributed by atoms with van der Waals surface area (Å²) >= 11 is 0. The van der Waals surface area contributed by atoms with Crippen LogP contribution in [0.25, 0.3) is 0 Å². The number of carbonyl (C=O) groups excluding carboxylic acids is 1. The zero-order valence-electron chi connectivity index (χ0n) is 17.6. The van der Waals surface area contributed by atoms with Gasteiger partial charge in [-0.15, -0.1) is 6.42 Å². The van der Waals surface area contributed by atoms with Gasteiger partial charge in [-0.25, -0.2) is 0 Å². The van der Waals surface area contributed by atoms with Gasteiger partial charge in [0.25, 0.3) is 11.9 Å². The van der Waals surface area contributed by atoms with Crippen LogP contribution in [0.15, 0.2) is 42.5 Å². The Bertz CT molecular complexity index is 1140. The van der Waals surface area contributed by atoms with Crippen LogP contribution in [-0.4, -0.2) is 48.1 Å². The molecule has 4 atom stereocenters. The Labute approximate surface area is 185 Å². The molecule has 1 N–H and O–H groups in total. The summed E-state index contributed by atoms with van der Waals surface area (Å²) in [4.78, 5) is 27.9. The molecule has 0 unspecified atom stereocenters. The van der Waals surface area contributed by atoms with Crippen molar-refractivity contribution < 1.29 is 19.2 Å². The zero-order chi connectivity index (χ0) is 22.5. The molecule has 0 aromatic heterocycles. The number of benzene rings is 2. The molecule has 5 rings (SSSR count). The Morgan fingerprint density at radius 3 is 2.88 bits per heavy atom. The second-order valence-corrected chi connectivity index (χ2v) is 8.33. The summed E-state index contributed by atoms with van der Waals surface area (Å²) in [5, 5.41) is 15.5. The van der Waals surface area contributed by atoms with Crippen molar-refractivity contribution in [2.75, 3.05) is 25.6 Å². The molecule has 2 aromatic carbocycles. The van der Waals surface area contributed by atoms with Gasteiger partial charge in [-0.1, -0.05) is 30.2 Å². The first kappa shape index (κ1) is 20.3. The molecule has 2 aromatic rings. The average Bonchev–Trinajstić information content (AvgIpc) is 3.45. The topological polar surface area (TPSA) is 93.9 Å². The lowest BCUT2D eigenvalue weighted by atomic mass is 9.77. The number of terminal acetylenes is 1. The molecule has 32 heavy (non-hydrogen) atoms. The summed E-state index contributed by atoms with van der Waals surface area (Å²) < 4.78 is 11.0. The number of methoxy groups -OCH3 is 1. The van der Waals surface area contributed by atoms with E-state index in [1.165, 1.54) is 7.11 Å². The summed E-state index contributed by atoms with van der Waals surface area (Å²) in [7, 11) is 1.52. The van der Waals surface area contributed by atoms with Crippen molar-refractivity contribution in [1.82, 2.24) is 4.90 Å². The van der Waals surface area contributed by atoms with Gasteiger partial charge < -0.3 is 14.8 Å². The number of hydrogen-bond acceptors (Lipinski definition) is 6. The minimum Gasteiger partial charge on any atom is -0.493 e. The molecule has 3 aliphatic rings. The van der Waals surface area contributed by atoms with Crippen LogP contribution in [0.4, 0.5) is 5.69 Å². The van der Waals surface area contributed by atoms with Crippen LogP contribution in [-0.2, 0) is 10.3 Å². The Balaban J connectivity index is 1.67. The SMILES string of the molecule is C#CCOc1ccc([C@H]2[C@H]([N+](=O)[O-])[C@@]3(C(=O)Nc4ccccc43)N3CCC[C@@H]23)cc1OC. The summed E-state index contributed by atoms with van der Waals surface area (Å²) in [6.45, 7) is 0.723. The minimum atomic E-state index is -1.34. The molecule has 8 heteroatoms. The van der Waals surface area contributed by atoms with Crippen molar-refractivity contribution in [3.8, 4) is 23.8 Å². The van der Waals surface area contributed by atoms with Crippen molar-refractivity contribution in [1.29, 1.82) is 0 Å². The third-order valence-corrected chi connectivity index (χ3v) is 6.98. The van der Waals surface area contributed by atoms with Crippen LogP contribution in [0, 0.1) is 22.5 Å². The number of amides is 1. The maximum Gasteiger partial charge on any atom is 0.256 e. The molecular weight excluding hydrogens is 410 g/mol. The summed E-state index contributed by atoms with van der Waals surface area (Å²) in [5.74, 6) is 2.55. The fourth-order valence-electron chi connectivity index (χ4n) is 5.91. The molecule has 0 aliphatic carbocycles. The van der Waals surface area contributed by atoms with Gasteiger partial charge in [0.05, 0.1) is 13.0 Å². The standard InChI is InChI=1S/C24H23N3O5/c1-3-13-32-19-11-10-15(14-20(19)31-2)21-18-9-6-12-26(18)24(22(21)27(29)30)16-7-4-5-8-17(16)25-23(24)28/h1,4-5,7-8,10-11,14,18,21-22H,6,9,12-13H2,2H3,(H,25,28)/t18-,21+,22-,24-/m0/s1. The first-order valence-electron chi connectivity index (χ1n) is 10.6. The largest absolute Gasteiger partial charge is 0.493 e. The molecule has 2 fully saturated rings. The number of carbonyl (C=O) groups is 1. The van der Waals surface area contributed by atoms with Gasteiger partial charge in [-0.2, -0.15) is 0 Å². The van der Waals surface area contributed by atoms with E-state index in [0.717, 1.165) is 18.4 Å². The number of para-hydroxylation sites is 1. The highest BCUT2D eigenvalue weighted by atomic mass is 16.6. The molecule has 0 bridgehead atoms. The van der Waals surface area contributed by atoms with Crippen LogP contribution in [0.3, 0.4) is 0 Å². The van der Waals surface area contributed by atoms with Crippen molar-refractivity contribution >= 4 is 11.6 Å². The van der Waals surface area contributed by atoms with Gasteiger partial charge in [0.15, 0.2) is 17.0 Å². The van der Waals surface area contributed by atoms with Gasteiger partial charge in [0.2, 0.25) is 0 Å². The molecule has 0 saturated carbocycles. The fraction of sp³-hybridized carbons (Fsp3) is 0.375. The monoisotopic (exact) mass is 433 g/mol. The zero-order valence-corrected chi connectivity index (χ0v) is 17.6. The first-order chi connectivity index (χ1) is 15.5.